The van der Waals surface area contributed by atoms with Crippen molar-refractivity contribution >= 4 is 32.7 Å². The Morgan fingerprint density at radius 2 is 1.95 bits per heavy atom. The second-order valence-electron chi connectivity index (χ2n) is 4.69. The maximum atomic E-state index is 12.7. The Morgan fingerprint density at radius 1 is 1.11 bits per heavy atom. The average molecular weight is 249 g/mol. The van der Waals surface area contributed by atoms with Crippen molar-refractivity contribution in [2.24, 2.45) is 7.05 Å². The fourth-order valence-corrected chi connectivity index (χ4v) is 2.65. The summed E-state index contributed by atoms with van der Waals surface area (Å²) < 4.78 is 1.86. The lowest BCUT2D eigenvalue weighted by Crippen LogP contribution is -2.06. The Kier molecular flexibility index (Phi) is 1.87. The van der Waals surface area contributed by atoms with E-state index in [4.69, 9.17) is 0 Å². The van der Waals surface area contributed by atoms with Crippen molar-refractivity contribution in [2.75, 3.05) is 0 Å². The van der Waals surface area contributed by atoms with Crippen molar-refractivity contribution in [2.45, 2.75) is 0 Å². The normalized spacial score (nSPS) is 11.6. The average Bonchev–Trinajstić information content (AvgIpc) is 2.81. The van der Waals surface area contributed by atoms with Crippen LogP contribution in [0.3, 0.4) is 0 Å². The number of para-hydroxylation sites is 1. The number of H-pyrrole nitrogens is 1. The summed E-state index contributed by atoms with van der Waals surface area (Å²) in [4.78, 5) is 17.3. The monoisotopic (exact) mass is 249 g/mol. The van der Waals surface area contributed by atoms with Crippen LogP contribution in [-0.4, -0.2) is 14.8 Å². The lowest BCUT2D eigenvalue weighted by molar-refractivity contribution is 0.799. The molecule has 0 saturated heterocycles. The summed E-state index contributed by atoms with van der Waals surface area (Å²) >= 11 is 0. The fourth-order valence-electron chi connectivity index (χ4n) is 2.65. The van der Waals surface area contributed by atoms with Gasteiger partial charge in [0.2, 0.25) is 0 Å². The minimum Gasteiger partial charge on any atom is -0.305 e. The molecule has 19 heavy (non-hydrogen) atoms. The van der Waals surface area contributed by atoms with Crippen LogP contribution in [0.15, 0.2) is 47.4 Å². The van der Waals surface area contributed by atoms with Gasteiger partial charge >= 0.3 is 0 Å². The number of hydrogen-bond acceptors (Lipinski definition) is 2. The van der Waals surface area contributed by atoms with Crippen molar-refractivity contribution in [3.63, 3.8) is 0 Å². The highest BCUT2D eigenvalue weighted by Crippen LogP contribution is 2.23. The molecule has 0 bridgehead atoms. The molecule has 0 unspecified atom stereocenters. The summed E-state index contributed by atoms with van der Waals surface area (Å²) in [5.74, 6) is 0. The molecule has 0 atom stereocenters. The molecule has 2 aromatic carbocycles. The van der Waals surface area contributed by atoms with E-state index < -0.39 is 0 Å². The van der Waals surface area contributed by atoms with Gasteiger partial charge in [0.15, 0.2) is 5.43 Å². The molecule has 92 valence electrons. The van der Waals surface area contributed by atoms with Crippen LogP contribution in [0, 0.1) is 0 Å². The lowest BCUT2D eigenvalue weighted by Gasteiger charge is -2.03. The molecule has 2 heterocycles. The maximum Gasteiger partial charge on any atom is 0.199 e. The van der Waals surface area contributed by atoms with E-state index in [1.54, 1.807) is 0 Å². The van der Waals surface area contributed by atoms with E-state index >= 15 is 0 Å². The topological polar surface area (TPSA) is 50.7 Å². The second kappa shape index (κ2) is 3.45. The predicted molar refractivity (Wildman–Crippen MR) is 76.3 cm³/mol. The zero-order chi connectivity index (χ0) is 13.0. The van der Waals surface area contributed by atoms with Crippen molar-refractivity contribution in [1.29, 1.82) is 0 Å². The van der Waals surface area contributed by atoms with Gasteiger partial charge in [-0.15, -0.1) is 0 Å². The molecule has 4 aromatic rings. The largest absolute Gasteiger partial charge is 0.305 e. The van der Waals surface area contributed by atoms with Crippen molar-refractivity contribution in [3.8, 4) is 0 Å². The van der Waals surface area contributed by atoms with E-state index in [9.17, 15) is 4.79 Å². The third-order valence-corrected chi connectivity index (χ3v) is 3.55. The molecule has 0 fully saturated rings. The lowest BCUT2D eigenvalue weighted by atomic mass is 10.1. The van der Waals surface area contributed by atoms with Crippen LogP contribution in [-0.2, 0) is 7.05 Å². The van der Waals surface area contributed by atoms with Crippen molar-refractivity contribution in [1.82, 2.24) is 14.8 Å². The Morgan fingerprint density at radius 3 is 2.84 bits per heavy atom. The number of hydrogen-bond donors (Lipinski definition) is 1. The fraction of sp³-hybridized carbons (Fsp3) is 0.0667. The van der Waals surface area contributed by atoms with Gasteiger partial charge in [-0.05, 0) is 24.3 Å². The number of aryl methyl sites for hydroxylation is 1. The van der Waals surface area contributed by atoms with E-state index in [0.29, 0.717) is 10.8 Å². The first-order valence-electron chi connectivity index (χ1n) is 6.11. The van der Waals surface area contributed by atoms with E-state index in [0.717, 1.165) is 21.9 Å². The highest BCUT2D eigenvalue weighted by Gasteiger charge is 2.11. The molecule has 2 aromatic heterocycles. The summed E-state index contributed by atoms with van der Waals surface area (Å²) in [6.45, 7) is 0. The molecular formula is C15H11N3O. The SMILES string of the molecule is Cn1[nH]cc2ccc3nc4ccccc4c(=O)c3c21. The van der Waals surface area contributed by atoms with E-state index in [2.05, 4.69) is 10.1 Å². The third kappa shape index (κ3) is 1.28. The van der Waals surface area contributed by atoms with Crippen LogP contribution in [0.4, 0.5) is 0 Å². The molecular weight excluding hydrogens is 238 g/mol. The number of aromatic amines is 1. The summed E-state index contributed by atoms with van der Waals surface area (Å²) in [5, 5.41) is 5.46. The van der Waals surface area contributed by atoms with Gasteiger partial charge in [0, 0.05) is 24.0 Å². The first-order chi connectivity index (χ1) is 9.25. The summed E-state index contributed by atoms with van der Waals surface area (Å²) in [7, 11) is 1.90. The van der Waals surface area contributed by atoms with Gasteiger partial charge in [0.1, 0.15) is 0 Å². The number of aromatic nitrogens is 3. The summed E-state index contributed by atoms with van der Waals surface area (Å²) in [5.41, 5.74) is 2.44. The van der Waals surface area contributed by atoms with Gasteiger partial charge in [-0.3, -0.25) is 9.48 Å². The highest BCUT2D eigenvalue weighted by molar-refractivity contribution is 6.07. The van der Waals surface area contributed by atoms with Crippen LogP contribution in [0.2, 0.25) is 0 Å². The molecule has 0 amide bonds. The van der Waals surface area contributed by atoms with E-state index in [1.807, 2.05) is 54.3 Å². The zero-order valence-electron chi connectivity index (χ0n) is 10.3. The molecule has 0 spiro atoms. The van der Waals surface area contributed by atoms with Crippen LogP contribution in [0.25, 0.3) is 32.7 Å². The van der Waals surface area contributed by atoms with Gasteiger partial charge in [0.05, 0.1) is 21.9 Å². The quantitative estimate of drug-likeness (QED) is 0.487. The molecule has 0 radical (unpaired) electrons. The summed E-state index contributed by atoms with van der Waals surface area (Å²) in [6.07, 6.45) is 1.89. The highest BCUT2D eigenvalue weighted by atomic mass is 16.1. The Bertz CT molecular complexity index is 995. The van der Waals surface area contributed by atoms with Crippen LogP contribution in [0.1, 0.15) is 0 Å². The molecule has 1 N–H and O–H groups in total. The van der Waals surface area contributed by atoms with E-state index in [1.165, 1.54) is 0 Å². The Hall–Kier alpha value is -2.62. The molecule has 4 rings (SSSR count). The minimum absolute atomic E-state index is 0.0430. The number of nitrogens with one attached hydrogen (secondary N) is 1. The van der Waals surface area contributed by atoms with Crippen LogP contribution >= 0.6 is 0 Å². The minimum atomic E-state index is 0.0430. The van der Waals surface area contributed by atoms with Gasteiger partial charge in [-0.25, -0.2) is 4.98 Å². The predicted octanol–water partition coefficient (Wildman–Crippen LogP) is 2.57. The number of rotatable bonds is 0. The Labute approximate surface area is 108 Å². The van der Waals surface area contributed by atoms with Crippen molar-refractivity contribution < 1.29 is 0 Å². The standard InChI is InChI=1S/C15H11N3O/c1-18-14-9(8-16-18)6-7-12-13(14)15(19)10-4-2-3-5-11(10)17-12/h2-8,16H,1H3. The number of nitrogens with zero attached hydrogens (tertiary/aromatic N) is 2. The van der Waals surface area contributed by atoms with Gasteiger partial charge in [0.25, 0.3) is 0 Å². The molecule has 0 aliphatic rings. The van der Waals surface area contributed by atoms with Crippen LogP contribution in [0.5, 0.6) is 0 Å². The maximum absolute atomic E-state index is 12.7. The molecule has 4 heteroatoms. The smallest absolute Gasteiger partial charge is 0.199 e. The number of benzene rings is 2. The van der Waals surface area contributed by atoms with Gasteiger partial charge in [-0.1, -0.05) is 12.1 Å². The Balaban J connectivity index is 2.40. The first-order valence-corrected chi connectivity index (χ1v) is 6.11. The molecule has 4 nitrogen and oxygen atoms in total. The first kappa shape index (κ1) is 10.3. The number of pyridine rings is 1. The zero-order valence-corrected chi connectivity index (χ0v) is 10.3. The number of fused-ring (bicyclic) bond motifs is 4. The summed E-state index contributed by atoms with van der Waals surface area (Å²) in [6, 6.07) is 11.4. The third-order valence-electron chi connectivity index (χ3n) is 3.55. The van der Waals surface area contributed by atoms with Crippen LogP contribution < -0.4 is 5.43 Å². The molecule has 0 aliphatic carbocycles. The van der Waals surface area contributed by atoms with Gasteiger partial charge < -0.3 is 5.10 Å². The second-order valence-corrected chi connectivity index (χ2v) is 4.69. The molecule has 0 saturated carbocycles. The van der Waals surface area contributed by atoms with E-state index in [-0.39, 0.29) is 5.43 Å². The van der Waals surface area contributed by atoms with Gasteiger partial charge in [-0.2, -0.15) is 0 Å². The molecule has 0 aliphatic heterocycles. The van der Waals surface area contributed by atoms with Crippen molar-refractivity contribution in [3.05, 3.63) is 52.8 Å².